The smallest absolute Gasteiger partial charge is 0.372 e. The summed E-state index contributed by atoms with van der Waals surface area (Å²) in [5.41, 5.74) is 1.32. The molecule has 0 bridgehead atoms. The number of para-hydroxylation sites is 1. The molecular formula is C34H35Al2NP+7. The molecule has 0 unspecified atom stereocenters. The van der Waals surface area contributed by atoms with Gasteiger partial charge in [-0.05, 0) is 74.5 Å². The van der Waals surface area contributed by atoms with Gasteiger partial charge in [-0.2, -0.15) is 0 Å². The van der Waals surface area contributed by atoms with E-state index in [0.29, 0.717) is 0 Å². The standard InChI is InChI=1S/C24H20P.C10H15N.2Al/c1-5-13-21(14-6-1)25(22-15-7-2-8-16-22,23-17-9-3-10-18-23)24-19-11-4-12-20-24;1-3-11(4-2)10-8-6-5-7-9-10;;/h1-20H;5-9H,3-4H2,1-2H3;;/q+1;;2*+3. The second-order valence-corrected chi connectivity index (χ2v) is 11.9. The molecule has 38 heavy (non-hydrogen) atoms. The molecular weight excluding hydrogens is 507 g/mol. The summed E-state index contributed by atoms with van der Waals surface area (Å²) in [5.74, 6) is 0. The van der Waals surface area contributed by atoms with Crippen LogP contribution in [0.4, 0.5) is 5.69 Å². The first kappa shape index (κ1) is 31.6. The minimum absolute atomic E-state index is 0. The molecule has 0 amide bonds. The summed E-state index contributed by atoms with van der Waals surface area (Å²) in [6, 6.07) is 54.3. The van der Waals surface area contributed by atoms with Crippen LogP contribution in [0.3, 0.4) is 0 Å². The Balaban J connectivity index is 0.000000333. The summed E-state index contributed by atoms with van der Waals surface area (Å²) in [6.45, 7) is 6.52. The maximum atomic E-state index is 2.33. The van der Waals surface area contributed by atoms with Crippen molar-refractivity contribution in [3.8, 4) is 0 Å². The van der Waals surface area contributed by atoms with E-state index in [0.717, 1.165) is 13.1 Å². The zero-order chi connectivity index (χ0) is 25.1. The molecule has 0 fully saturated rings. The quantitative estimate of drug-likeness (QED) is 0.178. The maximum absolute atomic E-state index is 2.33. The average Bonchev–Trinajstić information content (AvgIpc) is 2.97. The third kappa shape index (κ3) is 7.28. The summed E-state index contributed by atoms with van der Waals surface area (Å²) in [4.78, 5) is 2.33. The summed E-state index contributed by atoms with van der Waals surface area (Å²) in [6.07, 6.45) is 0. The molecule has 5 rings (SSSR count). The number of rotatable bonds is 7. The largest absolute Gasteiger partial charge is 3.00 e. The molecule has 0 aliphatic heterocycles. The third-order valence-corrected chi connectivity index (χ3v) is 10.7. The molecule has 0 radical (unpaired) electrons. The molecule has 0 heterocycles. The maximum Gasteiger partial charge on any atom is 3.00 e. The number of anilines is 1. The van der Waals surface area contributed by atoms with Crippen molar-refractivity contribution >= 4 is 68.9 Å². The van der Waals surface area contributed by atoms with E-state index >= 15 is 0 Å². The van der Waals surface area contributed by atoms with E-state index in [4.69, 9.17) is 0 Å². The van der Waals surface area contributed by atoms with Crippen molar-refractivity contribution in [1.82, 2.24) is 0 Å². The van der Waals surface area contributed by atoms with Crippen LogP contribution in [0.1, 0.15) is 13.8 Å². The van der Waals surface area contributed by atoms with Gasteiger partial charge in [0.05, 0.1) is 0 Å². The molecule has 0 atom stereocenters. The first-order valence-corrected chi connectivity index (χ1v) is 14.5. The minimum Gasteiger partial charge on any atom is -0.372 e. The van der Waals surface area contributed by atoms with Gasteiger partial charge in [0.2, 0.25) is 0 Å². The number of nitrogens with zero attached hydrogens (tertiary/aromatic N) is 1. The molecule has 0 aliphatic rings. The van der Waals surface area contributed by atoms with Gasteiger partial charge in [0.1, 0.15) is 28.5 Å². The van der Waals surface area contributed by atoms with Crippen molar-refractivity contribution in [2.75, 3.05) is 18.0 Å². The molecule has 4 heteroatoms. The van der Waals surface area contributed by atoms with Gasteiger partial charge < -0.3 is 4.90 Å². The molecule has 0 N–H and O–H groups in total. The Morgan fingerprint density at radius 1 is 0.395 bits per heavy atom. The predicted octanol–water partition coefficient (Wildman–Crippen LogP) is 6.08. The van der Waals surface area contributed by atoms with E-state index < -0.39 is 7.26 Å². The van der Waals surface area contributed by atoms with E-state index in [1.165, 1.54) is 26.9 Å². The number of hydrogen-bond donors (Lipinski definition) is 0. The fraction of sp³-hybridized carbons (Fsp3) is 0.118. The van der Waals surface area contributed by atoms with Crippen LogP contribution in [0.2, 0.25) is 0 Å². The molecule has 180 valence electrons. The summed E-state index contributed by atoms with van der Waals surface area (Å²) >= 11 is 0. The Hall–Kier alpha value is -2.61. The van der Waals surface area contributed by atoms with Gasteiger partial charge in [-0.25, -0.2) is 0 Å². The van der Waals surface area contributed by atoms with Crippen LogP contribution in [-0.2, 0) is 0 Å². The van der Waals surface area contributed by atoms with Gasteiger partial charge in [-0.15, -0.1) is 0 Å². The van der Waals surface area contributed by atoms with Gasteiger partial charge in [0.25, 0.3) is 0 Å². The number of hydrogen-bond acceptors (Lipinski definition) is 1. The number of benzene rings is 5. The summed E-state index contributed by atoms with van der Waals surface area (Å²) in [5, 5.41) is 5.55. The summed E-state index contributed by atoms with van der Waals surface area (Å²) in [7, 11) is -1.91. The van der Waals surface area contributed by atoms with Crippen LogP contribution in [0, 0.1) is 0 Å². The van der Waals surface area contributed by atoms with Crippen LogP contribution >= 0.6 is 7.26 Å². The SMILES string of the molecule is CCN(CC)c1ccccc1.[Al+3].[Al+3].c1ccc([P+](c2ccccc2)(c2ccccc2)c2ccccc2)cc1. The van der Waals surface area contributed by atoms with Crippen molar-refractivity contribution in [3.63, 3.8) is 0 Å². The predicted molar refractivity (Wildman–Crippen MR) is 173 cm³/mol. The molecule has 0 aromatic heterocycles. The molecule has 0 spiro atoms. The van der Waals surface area contributed by atoms with E-state index in [9.17, 15) is 0 Å². The van der Waals surface area contributed by atoms with Gasteiger partial charge in [0.15, 0.2) is 0 Å². The Morgan fingerprint density at radius 2 is 0.632 bits per heavy atom. The van der Waals surface area contributed by atoms with Crippen LogP contribution in [0.5, 0.6) is 0 Å². The Labute approximate surface area is 251 Å². The van der Waals surface area contributed by atoms with Crippen LogP contribution < -0.4 is 26.1 Å². The fourth-order valence-electron chi connectivity index (χ4n) is 4.73. The Bertz CT molecular complexity index is 1120. The zero-order valence-electron chi connectivity index (χ0n) is 22.4. The Morgan fingerprint density at radius 3 is 0.868 bits per heavy atom. The third-order valence-electron chi connectivity index (χ3n) is 6.46. The minimum atomic E-state index is -1.91. The molecule has 5 aromatic rings. The second-order valence-electron chi connectivity index (χ2n) is 8.52. The molecule has 1 nitrogen and oxygen atoms in total. The van der Waals surface area contributed by atoms with Crippen molar-refractivity contribution in [2.45, 2.75) is 13.8 Å². The zero-order valence-corrected chi connectivity index (χ0v) is 25.6. The van der Waals surface area contributed by atoms with E-state index in [1.54, 1.807) is 0 Å². The second kappa shape index (κ2) is 16.4. The van der Waals surface area contributed by atoms with E-state index in [2.05, 4.69) is 164 Å². The van der Waals surface area contributed by atoms with Gasteiger partial charge in [-0.1, -0.05) is 91.0 Å². The van der Waals surface area contributed by atoms with Crippen molar-refractivity contribution < 1.29 is 0 Å². The average molecular weight is 543 g/mol. The van der Waals surface area contributed by atoms with E-state index in [1.807, 2.05) is 6.07 Å². The molecule has 5 aromatic carbocycles. The van der Waals surface area contributed by atoms with Gasteiger partial charge >= 0.3 is 34.7 Å². The first-order valence-electron chi connectivity index (χ1n) is 12.7. The van der Waals surface area contributed by atoms with Crippen molar-refractivity contribution in [2.24, 2.45) is 0 Å². The van der Waals surface area contributed by atoms with E-state index in [-0.39, 0.29) is 34.7 Å². The topological polar surface area (TPSA) is 3.24 Å². The molecule has 0 saturated heterocycles. The van der Waals surface area contributed by atoms with Crippen molar-refractivity contribution in [1.29, 1.82) is 0 Å². The molecule has 0 aliphatic carbocycles. The Kier molecular flexibility index (Phi) is 13.6. The first-order chi connectivity index (χ1) is 17.8. The van der Waals surface area contributed by atoms with Gasteiger partial charge in [0, 0.05) is 18.8 Å². The summed E-state index contributed by atoms with van der Waals surface area (Å²) < 4.78 is 0. The monoisotopic (exact) mass is 542 g/mol. The van der Waals surface area contributed by atoms with Crippen LogP contribution in [-0.4, -0.2) is 47.8 Å². The van der Waals surface area contributed by atoms with Gasteiger partial charge in [-0.3, -0.25) is 0 Å². The van der Waals surface area contributed by atoms with Crippen LogP contribution in [0.15, 0.2) is 152 Å². The normalized spacial score (nSPS) is 10.2. The van der Waals surface area contributed by atoms with Crippen LogP contribution in [0.25, 0.3) is 0 Å². The molecule has 0 saturated carbocycles. The fourth-order valence-corrected chi connectivity index (χ4v) is 8.99. The van der Waals surface area contributed by atoms with Crippen molar-refractivity contribution in [3.05, 3.63) is 152 Å².